The van der Waals surface area contributed by atoms with Crippen LogP contribution >= 0.6 is 24.0 Å². The molecule has 4 nitrogen and oxygen atoms in total. The van der Waals surface area contributed by atoms with Crippen molar-refractivity contribution in [2.75, 3.05) is 11.9 Å². The Bertz CT molecular complexity index is 771. The van der Waals surface area contributed by atoms with Gasteiger partial charge in [0.2, 0.25) is 0 Å². The molecule has 1 heterocycles. The number of fused-ring (bicyclic) bond motifs is 1. The number of carbonyl (C=O) groups is 1. The highest BCUT2D eigenvalue weighted by Crippen LogP contribution is 2.25. The van der Waals surface area contributed by atoms with Crippen LogP contribution in [0.3, 0.4) is 0 Å². The zero-order chi connectivity index (χ0) is 17.1. The van der Waals surface area contributed by atoms with Crippen LogP contribution in [-0.2, 0) is 17.8 Å². The predicted molar refractivity (Wildman–Crippen MR) is 99.2 cm³/mol. The van der Waals surface area contributed by atoms with Crippen LogP contribution in [0.2, 0.25) is 5.02 Å². The average molecular weight is 385 g/mol. The number of ether oxygens (including phenoxy) is 1. The third-order valence-electron chi connectivity index (χ3n) is 3.94. The van der Waals surface area contributed by atoms with E-state index in [0.717, 1.165) is 12.1 Å². The van der Waals surface area contributed by atoms with Crippen molar-refractivity contribution in [1.82, 2.24) is 5.32 Å². The second-order valence-corrected chi connectivity index (χ2v) is 6.13. The fourth-order valence-electron chi connectivity index (χ4n) is 2.66. The van der Waals surface area contributed by atoms with E-state index in [1.54, 1.807) is 37.3 Å². The monoisotopic (exact) mass is 384 g/mol. The number of benzene rings is 2. The van der Waals surface area contributed by atoms with E-state index in [1.807, 2.05) is 6.07 Å². The molecule has 2 aromatic carbocycles. The van der Waals surface area contributed by atoms with Crippen molar-refractivity contribution in [3.63, 3.8) is 0 Å². The quantitative estimate of drug-likeness (QED) is 0.838. The van der Waals surface area contributed by atoms with Crippen molar-refractivity contribution in [3.05, 3.63) is 58.4 Å². The van der Waals surface area contributed by atoms with Gasteiger partial charge in [0.1, 0.15) is 11.6 Å². The SMILES string of the molecule is CC(Oc1cccc(Cl)c1)C(=O)Nc1ccc2c(c1F)CCNC2.Cl. The number of amides is 1. The van der Waals surface area contributed by atoms with Crippen molar-refractivity contribution < 1.29 is 13.9 Å². The van der Waals surface area contributed by atoms with E-state index in [0.29, 0.717) is 29.3 Å². The Morgan fingerprint density at radius 3 is 2.92 bits per heavy atom. The molecule has 0 spiro atoms. The van der Waals surface area contributed by atoms with Crippen molar-refractivity contribution in [2.24, 2.45) is 0 Å². The van der Waals surface area contributed by atoms with Crippen LogP contribution < -0.4 is 15.4 Å². The first-order valence-corrected chi connectivity index (χ1v) is 8.16. The summed E-state index contributed by atoms with van der Waals surface area (Å²) in [5.41, 5.74) is 1.78. The molecule has 1 unspecified atom stereocenters. The van der Waals surface area contributed by atoms with E-state index in [-0.39, 0.29) is 23.9 Å². The molecule has 0 aliphatic carbocycles. The van der Waals surface area contributed by atoms with E-state index in [1.165, 1.54) is 0 Å². The van der Waals surface area contributed by atoms with Gasteiger partial charge in [0, 0.05) is 11.6 Å². The number of hydrogen-bond donors (Lipinski definition) is 2. The van der Waals surface area contributed by atoms with Gasteiger partial charge in [-0.1, -0.05) is 23.7 Å². The number of halogens is 3. The minimum atomic E-state index is -0.777. The van der Waals surface area contributed by atoms with Gasteiger partial charge in [-0.05, 0) is 55.3 Å². The minimum Gasteiger partial charge on any atom is -0.481 e. The molecule has 0 radical (unpaired) electrons. The molecule has 0 saturated heterocycles. The fourth-order valence-corrected chi connectivity index (χ4v) is 2.84. The Morgan fingerprint density at radius 1 is 1.36 bits per heavy atom. The minimum absolute atomic E-state index is 0. The average Bonchev–Trinajstić information content (AvgIpc) is 2.57. The Labute approximate surface area is 157 Å². The van der Waals surface area contributed by atoms with Gasteiger partial charge in [0.05, 0.1) is 5.69 Å². The topological polar surface area (TPSA) is 50.4 Å². The summed E-state index contributed by atoms with van der Waals surface area (Å²) in [5, 5.41) is 6.32. The summed E-state index contributed by atoms with van der Waals surface area (Å²) in [5.74, 6) is -0.290. The first-order valence-electron chi connectivity index (χ1n) is 7.78. The zero-order valence-electron chi connectivity index (χ0n) is 13.6. The Kier molecular flexibility index (Phi) is 6.64. The van der Waals surface area contributed by atoms with Gasteiger partial charge >= 0.3 is 0 Å². The second kappa shape index (κ2) is 8.52. The molecular weight excluding hydrogens is 366 g/mol. The Balaban J connectivity index is 0.00000225. The van der Waals surface area contributed by atoms with E-state index < -0.39 is 12.0 Å². The molecule has 25 heavy (non-hydrogen) atoms. The molecule has 0 bridgehead atoms. The van der Waals surface area contributed by atoms with E-state index in [4.69, 9.17) is 16.3 Å². The summed E-state index contributed by atoms with van der Waals surface area (Å²) in [6.07, 6.45) is -0.167. The molecule has 0 fully saturated rings. The molecule has 1 aliphatic rings. The predicted octanol–water partition coefficient (Wildman–Crippen LogP) is 3.95. The zero-order valence-corrected chi connectivity index (χ0v) is 15.2. The summed E-state index contributed by atoms with van der Waals surface area (Å²) in [4.78, 5) is 12.3. The number of rotatable bonds is 4. The summed E-state index contributed by atoms with van der Waals surface area (Å²) in [6.45, 7) is 2.99. The summed E-state index contributed by atoms with van der Waals surface area (Å²) >= 11 is 5.89. The first-order chi connectivity index (χ1) is 11.5. The maximum absolute atomic E-state index is 14.6. The van der Waals surface area contributed by atoms with Crippen molar-refractivity contribution in [1.29, 1.82) is 0 Å². The second-order valence-electron chi connectivity index (χ2n) is 5.70. The third-order valence-corrected chi connectivity index (χ3v) is 4.18. The summed E-state index contributed by atoms with van der Waals surface area (Å²) < 4.78 is 20.1. The largest absolute Gasteiger partial charge is 0.481 e. The van der Waals surface area contributed by atoms with Crippen LogP contribution in [0.1, 0.15) is 18.1 Å². The highest BCUT2D eigenvalue weighted by Gasteiger charge is 2.20. The molecule has 3 rings (SSSR count). The molecule has 134 valence electrons. The lowest BCUT2D eigenvalue weighted by Gasteiger charge is -2.20. The van der Waals surface area contributed by atoms with E-state index in [2.05, 4.69) is 10.6 Å². The highest BCUT2D eigenvalue weighted by molar-refractivity contribution is 6.30. The molecule has 1 atom stereocenters. The fraction of sp³-hybridized carbons (Fsp3) is 0.278. The van der Waals surface area contributed by atoms with Crippen LogP contribution in [0.25, 0.3) is 0 Å². The van der Waals surface area contributed by atoms with E-state index in [9.17, 15) is 9.18 Å². The van der Waals surface area contributed by atoms with Gasteiger partial charge in [-0.3, -0.25) is 4.79 Å². The Hall–Kier alpha value is -1.82. The molecule has 0 aromatic heterocycles. The molecule has 2 N–H and O–H groups in total. The van der Waals surface area contributed by atoms with Gasteiger partial charge in [0.25, 0.3) is 5.91 Å². The van der Waals surface area contributed by atoms with E-state index >= 15 is 0 Å². The van der Waals surface area contributed by atoms with Gasteiger partial charge in [-0.2, -0.15) is 0 Å². The number of nitrogens with one attached hydrogen (secondary N) is 2. The first kappa shape index (κ1) is 19.5. The lowest BCUT2D eigenvalue weighted by molar-refractivity contribution is -0.122. The van der Waals surface area contributed by atoms with Gasteiger partial charge in [0.15, 0.2) is 6.10 Å². The number of hydrogen-bond acceptors (Lipinski definition) is 3. The molecule has 7 heteroatoms. The van der Waals surface area contributed by atoms with Crippen molar-refractivity contribution in [2.45, 2.75) is 26.0 Å². The van der Waals surface area contributed by atoms with Crippen LogP contribution in [0.15, 0.2) is 36.4 Å². The third kappa shape index (κ3) is 4.63. The van der Waals surface area contributed by atoms with Crippen LogP contribution in [0.4, 0.5) is 10.1 Å². The van der Waals surface area contributed by atoms with Crippen LogP contribution in [0, 0.1) is 5.82 Å². The van der Waals surface area contributed by atoms with Gasteiger partial charge in [-0.25, -0.2) is 4.39 Å². The smallest absolute Gasteiger partial charge is 0.265 e. The van der Waals surface area contributed by atoms with Crippen LogP contribution in [0.5, 0.6) is 5.75 Å². The van der Waals surface area contributed by atoms with Gasteiger partial charge < -0.3 is 15.4 Å². The highest BCUT2D eigenvalue weighted by atomic mass is 35.5. The summed E-state index contributed by atoms with van der Waals surface area (Å²) in [6, 6.07) is 10.2. The van der Waals surface area contributed by atoms with Gasteiger partial charge in [-0.15, -0.1) is 12.4 Å². The molecule has 0 saturated carbocycles. The lowest BCUT2D eigenvalue weighted by atomic mass is 9.99. The maximum atomic E-state index is 14.6. The van der Waals surface area contributed by atoms with Crippen molar-refractivity contribution >= 4 is 35.6 Å². The molecular formula is C18H19Cl2FN2O2. The molecule has 1 amide bonds. The standard InChI is InChI=1S/C18H18ClFN2O2.ClH/c1-11(24-14-4-2-3-13(19)9-14)18(23)22-16-6-5-12-10-21-8-7-15(12)17(16)20;/h2-6,9,11,21H,7-8,10H2,1H3,(H,22,23);1H. The molecule has 1 aliphatic heterocycles. The van der Waals surface area contributed by atoms with Crippen molar-refractivity contribution in [3.8, 4) is 5.75 Å². The van der Waals surface area contributed by atoms with Crippen LogP contribution in [-0.4, -0.2) is 18.6 Å². The number of anilines is 1. The summed E-state index contributed by atoms with van der Waals surface area (Å²) in [7, 11) is 0. The normalized spacial score (nSPS) is 14.0. The molecule has 2 aromatic rings. The number of carbonyl (C=O) groups excluding carboxylic acids is 1. The Morgan fingerprint density at radius 2 is 2.16 bits per heavy atom. The maximum Gasteiger partial charge on any atom is 0.265 e. The lowest BCUT2D eigenvalue weighted by Crippen LogP contribution is -2.31.